The fraction of sp³-hybridized carbons (Fsp3) is 0.941. The zero-order chi connectivity index (χ0) is 16.0. The highest BCUT2D eigenvalue weighted by atomic mass is 16.6. The summed E-state index contributed by atoms with van der Waals surface area (Å²) in [7, 11) is 0. The lowest BCUT2D eigenvalue weighted by atomic mass is 10.0. The van der Waals surface area contributed by atoms with Gasteiger partial charge in [0.1, 0.15) is 5.60 Å². The van der Waals surface area contributed by atoms with Crippen molar-refractivity contribution in [1.82, 2.24) is 10.2 Å². The van der Waals surface area contributed by atoms with Crippen LogP contribution in [0.1, 0.15) is 67.2 Å². The van der Waals surface area contributed by atoms with Crippen molar-refractivity contribution in [2.24, 2.45) is 5.92 Å². The Labute approximate surface area is 130 Å². The first-order chi connectivity index (χ1) is 9.69. The molecule has 0 heterocycles. The number of ether oxygens (including phenoxy) is 1. The molecule has 0 bridgehead atoms. The summed E-state index contributed by atoms with van der Waals surface area (Å²) in [6.07, 6.45) is 4.49. The van der Waals surface area contributed by atoms with Crippen LogP contribution in [0.5, 0.6) is 0 Å². The van der Waals surface area contributed by atoms with E-state index in [0.29, 0.717) is 12.1 Å². The highest BCUT2D eigenvalue weighted by molar-refractivity contribution is 5.69. The number of carbonyl (C=O) groups is 1. The number of hydrogen-bond acceptors (Lipinski definition) is 3. The second-order valence-corrected chi connectivity index (χ2v) is 7.73. The van der Waals surface area contributed by atoms with Gasteiger partial charge in [-0.3, -0.25) is 0 Å². The number of nitrogens with one attached hydrogen (secondary N) is 1. The van der Waals surface area contributed by atoms with E-state index in [4.69, 9.17) is 4.74 Å². The summed E-state index contributed by atoms with van der Waals surface area (Å²) in [5, 5.41) is 3.52. The first-order valence-electron chi connectivity index (χ1n) is 8.42. The molecule has 0 saturated heterocycles. The molecule has 1 atom stereocenters. The second-order valence-electron chi connectivity index (χ2n) is 7.73. The molecular weight excluding hydrogens is 264 g/mol. The van der Waals surface area contributed by atoms with E-state index in [1.54, 1.807) is 0 Å². The van der Waals surface area contributed by atoms with E-state index in [9.17, 15) is 4.79 Å². The number of hydrogen-bond donors (Lipinski definition) is 1. The molecule has 21 heavy (non-hydrogen) atoms. The third kappa shape index (κ3) is 8.30. The number of amides is 1. The van der Waals surface area contributed by atoms with Crippen LogP contribution in [0.25, 0.3) is 0 Å². The average molecular weight is 298 g/mol. The van der Waals surface area contributed by atoms with Crippen LogP contribution >= 0.6 is 0 Å². The van der Waals surface area contributed by atoms with Crippen LogP contribution in [-0.4, -0.2) is 41.8 Å². The summed E-state index contributed by atoms with van der Waals surface area (Å²) in [4.78, 5) is 14.1. The summed E-state index contributed by atoms with van der Waals surface area (Å²) in [6, 6.07) is 0.903. The normalized spacial score (nSPS) is 16.9. The van der Waals surface area contributed by atoms with E-state index in [0.717, 1.165) is 31.8 Å². The Kier molecular flexibility index (Phi) is 6.98. The lowest BCUT2D eigenvalue weighted by Crippen LogP contribution is -2.43. The van der Waals surface area contributed by atoms with Gasteiger partial charge < -0.3 is 15.0 Å². The van der Waals surface area contributed by atoms with E-state index >= 15 is 0 Å². The summed E-state index contributed by atoms with van der Waals surface area (Å²) >= 11 is 0. The Hall–Kier alpha value is -0.770. The molecule has 0 spiro atoms. The molecule has 1 N–H and O–H groups in total. The first-order valence-corrected chi connectivity index (χ1v) is 8.42. The van der Waals surface area contributed by atoms with Gasteiger partial charge in [-0.1, -0.05) is 13.8 Å². The minimum atomic E-state index is -0.414. The molecule has 0 aromatic carbocycles. The van der Waals surface area contributed by atoms with E-state index in [1.807, 2.05) is 25.7 Å². The molecular formula is C17H34N2O2. The molecule has 1 amide bonds. The van der Waals surface area contributed by atoms with Crippen molar-refractivity contribution in [3.63, 3.8) is 0 Å². The van der Waals surface area contributed by atoms with Crippen molar-refractivity contribution in [2.45, 2.75) is 84.9 Å². The Morgan fingerprint density at radius 3 is 2.33 bits per heavy atom. The number of nitrogens with zero attached hydrogens (tertiary/aromatic N) is 1. The maximum absolute atomic E-state index is 12.2. The van der Waals surface area contributed by atoms with Gasteiger partial charge in [-0.15, -0.1) is 0 Å². The predicted molar refractivity (Wildman–Crippen MR) is 87.5 cm³/mol. The van der Waals surface area contributed by atoms with Gasteiger partial charge in [0.15, 0.2) is 0 Å². The van der Waals surface area contributed by atoms with Crippen LogP contribution in [0, 0.1) is 5.92 Å². The molecule has 0 aromatic rings. The van der Waals surface area contributed by atoms with E-state index in [-0.39, 0.29) is 6.09 Å². The van der Waals surface area contributed by atoms with Gasteiger partial charge in [-0.2, -0.15) is 0 Å². The first kappa shape index (κ1) is 18.3. The van der Waals surface area contributed by atoms with Crippen molar-refractivity contribution < 1.29 is 9.53 Å². The summed E-state index contributed by atoms with van der Waals surface area (Å²) in [6.45, 7) is 14.1. The van der Waals surface area contributed by atoms with Gasteiger partial charge in [0.05, 0.1) is 0 Å². The third-order valence-corrected chi connectivity index (χ3v) is 3.64. The SMILES string of the molecule is CC(C)CCC(C)NCCN(C(=O)OC(C)(C)C)C1CC1. The lowest BCUT2D eigenvalue weighted by molar-refractivity contribution is 0.0234. The highest BCUT2D eigenvalue weighted by Gasteiger charge is 2.34. The van der Waals surface area contributed by atoms with E-state index < -0.39 is 5.60 Å². The fourth-order valence-electron chi connectivity index (χ4n) is 2.25. The molecule has 1 aliphatic rings. The molecule has 124 valence electrons. The Morgan fingerprint density at radius 1 is 1.24 bits per heavy atom. The smallest absolute Gasteiger partial charge is 0.410 e. The zero-order valence-electron chi connectivity index (χ0n) is 14.7. The highest BCUT2D eigenvalue weighted by Crippen LogP contribution is 2.28. The Morgan fingerprint density at radius 2 is 1.86 bits per heavy atom. The van der Waals surface area contributed by atoms with Gasteiger partial charge in [0.25, 0.3) is 0 Å². The van der Waals surface area contributed by atoms with Gasteiger partial charge in [0.2, 0.25) is 0 Å². The maximum atomic E-state index is 12.2. The van der Waals surface area contributed by atoms with E-state index in [2.05, 4.69) is 26.1 Å². The zero-order valence-corrected chi connectivity index (χ0v) is 14.7. The molecule has 0 aliphatic heterocycles. The van der Waals surface area contributed by atoms with Crippen LogP contribution in [0.15, 0.2) is 0 Å². The van der Waals surface area contributed by atoms with Crippen molar-refractivity contribution in [3.05, 3.63) is 0 Å². The Bertz CT molecular complexity index is 319. The van der Waals surface area contributed by atoms with Crippen LogP contribution in [-0.2, 0) is 4.74 Å². The van der Waals surface area contributed by atoms with Crippen molar-refractivity contribution >= 4 is 6.09 Å². The second kappa shape index (κ2) is 8.02. The van der Waals surface area contributed by atoms with Crippen LogP contribution in [0.4, 0.5) is 4.79 Å². The molecule has 1 fully saturated rings. The van der Waals surface area contributed by atoms with Gasteiger partial charge >= 0.3 is 6.09 Å². The van der Waals surface area contributed by atoms with Crippen molar-refractivity contribution in [2.75, 3.05) is 13.1 Å². The van der Waals surface area contributed by atoms with Crippen molar-refractivity contribution in [1.29, 1.82) is 0 Å². The van der Waals surface area contributed by atoms with Crippen LogP contribution < -0.4 is 5.32 Å². The summed E-state index contributed by atoms with van der Waals surface area (Å²) in [5.41, 5.74) is -0.414. The van der Waals surface area contributed by atoms with Crippen LogP contribution in [0.3, 0.4) is 0 Å². The van der Waals surface area contributed by atoms with Crippen LogP contribution in [0.2, 0.25) is 0 Å². The topological polar surface area (TPSA) is 41.6 Å². The molecule has 1 saturated carbocycles. The summed E-state index contributed by atoms with van der Waals surface area (Å²) < 4.78 is 5.50. The van der Waals surface area contributed by atoms with E-state index in [1.165, 1.54) is 12.8 Å². The number of carbonyl (C=O) groups excluding carboxylic acids is 1. The predicted octanol–water partition coefficient (Wildman–Crippen LogP) is 3.80. The molecule has 1 aliphatic carbocycles. The molecule has 1 unspecified atom stereocenters. The standard InChI is InChI=1S/C17H34N2O2/c1-13(2)7-8-14(3)18-11-12-19(15-9-10-15)16(20)21-17(4,5)6/h13-15,18H,7-12H2,1-6H3. The molecule has 0 radical (unpaired) electrons. The van der Waals surface area contributed by atoms with Gasteiger partial charge in [0, 0.05) is 25.2 Å². The minimum absolute atomic E-state index is 0.165. The monoisotopic (exact) mass is 298 g/mol. The molecule has 4 heteroatoms. The fourth-order valence-corrected chi connectivity index (χ4v) is 2.25. The Balaban J connectivity index is 2.30. The van der Waals surface area contributed by atoms with Crippen molar-refractivity contribution in [3.8, 4) is 0 Å². The average Bonchev–Trinajstić information content (AvgIpc) is 3.13. The lowest BCUT2D eigenvalue weighted by Gasteiger charge is -2.28. The largest absolute Gasteiger partial charge is 0.444 e. The van der Waals surface area contributed by atoms with Gasteiger partial charge in [-0.25, -0.2) is 4.79 Å². The van der Waals surface area contributed by atoms with Gasteiger partial charge in [-0.05, 0) is 59.3 Å². The quantitative estimate of drug-likeness (QED) is 0.741. The minimum Gasteiger partial charge on any atom is -0.444 e. The third-order valence-electron chi connectivity index (χ3n) is 3.64. The molecule has 4 nitrogen and oxygen atoms in total. The molecule has 0 aromatic heterocycles. The number of rotatable bonds is 8. The molecule has 1 rings (SSSR count). The maximum Gasteiger partial charge on any atom is 0.410 e. The summed E-state index contributed by atoms with van der Waals surface area (Å²) in [5.74, 6) is 0.749.